The molecule has 7 heteroatoms. The first-order chi connectivity index (χ1) is 11.1. The lowest BCUT2D eigenvalue weighted by Crippen LogP contribution is -2.22. The second kappa shape index (κ2) is 6.44. The summed E-state index contributed by atoms with van der Waals surface area (Å²) in [6.45, 7) is 0. The molecule has 0 aliphatic carbocycles. The maximum atomic E-state index is 12.8. The molecular weight excluding hydrogens is 336 g/mol. The van der Waals surface area contributed by atoms with Gasteiger partial charge in [0.15, 0.2) is 5.16 Å². The Morgan fingerprint density at radius 1 is 1.22 bits per heavy atom. The number of thioether (sulfide) groups is 1. The van der Waals surface area contributed by atoms with Crippen LogP contribution in [-0.2, 0) is 4.79 Å². The number of carboxylic acids is 1. The molecule has 1 N–H and O–H groups in total. The first-order valence-electron chi connectivity index (χ1n) is 6.68. The van der Waals surface area contributed by atoms with Gasteiger partial charge in [-0.15, -0.1) is 0 Å². The zero-order valence-corrected chi connectivity index (χ0v) is 13.3. The van der Waals surface area contributed by atoms with Crippen molar-refractivity contribution in [2.45, 2.75) is 5.16 Å². The topological polar surface area (TPSA) is 72.2 Å². The number of carboxylic acid groups (broad SMARTS) is 1. The summed E-state index contributed by atoms with van der Waals surface area (Å²) in [6, 6.07) is 13.8. The summed E-state index contributed by atoms with van der Waals surface area (Å²) in [6.07, 6.45) is 0. The Morgan fingerprint density at radius 3 is 2.65 bits per heavy atom. The van der Waals surface area contributed by atoms with E-state index in [9.17, 15) is 9.59 Å². The third-order valence-electron chi connectivity index (χ3n) is 3.14. The van der Waals surface area contributed by atoms with Crippen molar-refractivity contribution in [3.8, 4) is 5.69 Å². The molecule has 23 heavy (non-hydrogen) atoms. The van der Waals surface area contributed by atoms with Crippen LogP contribution in [0.4, 0.5) is 0 Å². The molecule has 1 aromatic heterocycles. The number of para-hydroxylation sites is 1. The summed E-state index contributed by atoms with van der Waals surface area (Å²) in [5.74, 6) is -1.17. The monoisotopic (exact) mass is 346 g/mol. The van der Waals surface area contributed by atoms with E-state index in [4.69, 9.17) is 16.7 Å². The van der Waals surface area contributed by atoms with Gasteiger partial charge in [-0.2, -0.15) is 0 Å². The van der Waals surface area contributed by atoms with E-state index in [1.54, 1.807) is 42.5 Å². The normalized spacial score (nSPS) is 10.8. The smallest absolute Gasteiger partial charge is 0.313 e. The highest BCUT2D eigenvalue weighted by atomic mass is 35.5. The molecule has 0 bridgehead atoms. The second-order valence-electron chi connectivity index (χ2n) is 4.71. The number of hydrogen-bond acceptors (Lipinski definition) is 4. The van der Waals surface area contributed by atoms with Crippen molar-refractivity contribution in [1.82, 2.24) is 9.55 Å². The van der Waals surface area contributed by atoms with E-state index in [0.29, 0.717) is 26.8 Å². The van der Waals surface area contributed by atoms with Crippen LogP contribution in [0.5, 0.6) is 0 Å². The van der Waals surface area contributed by atoms with Crippen molar-refractivity contribution < 1.29 is 9.90 Å². The summed E-state index contributed by atoms with van der Waals surface area (Å²) < 4.78 is 1.42. The predicted molar refractivity (Wildman–Crippen MR) is 90.7 cm³/mol. The van der Waals surface area contributed by atoms with Crippen LogP contribution < -0.4 is 5.56 Å². The van der Waals surface area contributed by atoms with E-state index in [2.05, 4.69) is 4.98 Å². The van der Waals surface area contributed by atoms with Crippen molar-refractivity contribution in [3.63, 3.8) is 0 Å². The maximum Gasteiger partial charge on any atom is 0.313 e. The number of aromatic nitrogens is 2. The first kappa shape index (κ1) is 15.6. The van der Waals surface area contributed by atoms with Crippen LogP contribution in [0.1, 0.15) is 0 Å². The number of benzene rings is 2. The molecule has 2 aromatic carbocycles. The van der Waals surface area contributed by atoms with Crippen molar-refractivity contribution >= 4 is 40.2 Å². The summed E-state index contributed by atoms with van der Waals surface area (Å²) in [7, 11) is 0. The molecule has 116 valence electrons. The molecule has 0 radical (unpaired) electrons. The lowest BCUT2D eigenvalue weighted by Gasteiger charge is -2.12. The quantitative estimate of drug-likeness (QED) is 0.580. The molecule has 0 fully saturated rings. The molecule has 0 saturated carbocycles. The van der Waals surface area contributed by atoms with Gasteiger partial charge in [0, 0.05) is 5.02 Å². The third-order valence-corrected chi connectivity index (χ3v) is 4.30. The van der Waals surface area contributed by atoms with Gasteiger partial charge in [-0.1, -0.05) is 41.6 Å². The molecule has 0 aliphatic rings. The average molecular weight is 347 g/mol. The van der Waals surface area contributed by atoms with Gasteiger partial charge in [0.05, 0.1) is 22.3 Å². The molecule has 5 nitrogen and oxygen atoms in total. The Hall–Kier alpha value is -2.31. The summed E-state index contributed by atoms with van der Waals surface area (Å²) in [4.78, 5) is 28.1. The molecule has 0 atom stereocenters. The van der Waals surface area contributed by atoms with Gasteiger partial charge >= 0.3 is 5.97 Å². The molecule has 3 rings (SSSR count). The highest BCUT2D eigenvalue weighted by Gasteiger charge is 2.14. The minimum atomic E-state index is -0.977. The molecule has 0 aliphatic heterocycles. The van der Waals surface area contributed by atoms with Crippen molar-refractivity contribution in [3.05, 3.63) is 63.9 Å². The van der Waals surface area contributed by atoms with Crippen LogP contribution in [0.15, 0.2) is 58.5 Å². The minimum absolute atomic E-state index is 0.189. The van der Waals surface area contributed by atoms with Crippen LogP contribution in [0.2, 0.25) is 5.02 Å². The lowest BCUT2D eigenvalue weighted by molar-refractivity contribution is -0.133. The molecule has 0 spiro atoms. The summed E-state index contributed by atoms with van der Waals surface area (Å²) >= 11 is 6.95. The van der Waals surface area contributed by atoms with Crippen molar-refractivity contribution in [2.24, 2.45) is 0 Å². The molecule has 1 heterocycles. The largest absolute Gasteiger partial charge is 0.481 e. The standard InChI is InChI=1S/C16H11ClN2O3S/c17-10-6-7-12-13(8-10)18-16(23-9-14(20)21)19(15(12)22)11-4-2-1-3-5-11/h1-8H,9H2,(H,20,21). The van der Waals surface area contributed by atoms with Crippen LogP contribution >= 0.6 is 23.4 Å². The van der Waals surface area contributed by atoms with Gasteiger partial charge in [0.1, 0.15) is 0 Å². The van der Waals surface area contributed by atoms with Gasteiger partial charge in [-0.25, -0.2) is 4.98 Å². The Morgan fingerprint density at radius 2 is 1.96 bits per heavy atom. The van der Waals surface area contributed by atoms with Crippen molar-refractivity contribution in [1.29, 1.82) is 0 Å². The highest BCUT2D eigenvalue weighted by molar-refractivity contribution is 7.99. The summed E-state index contributed by atoms with van der Waals surface area (Å²) in [5, 5.41) is 10.1. The van der Waals surface area contributed by atoms with E-state index < -0.39 is 5.97 Å². The Bertz CT molecular complexity index is 941. The number of nitrogens with zero attached hydrogens (tertiary/aromatic N) is 2. The second-order valence-corrected chi connectivity index (χ2v) is 6.09. The number of aliphatic carboxylic acids is 1. The third kappa shape index (κ3) is 3.23. The van der Waals surface area contributed by atoms with Gasteiger partial charge in [0.2, 0.25) is 0 Å². The van der Waals surface area contributed by atoms with Gasteiger partial charge in [-0.05, 0) is 30.3 Å². The first-order valence-corrected chi connectivity index (χ1v) is 8.05. The number of hydrogen-bond donors (Lipinski definition) is 1. The fraction of sp³-hybridized carbons (Fsp3) is 0.0625. The van der Waals surface area contributed by atoms with E-state index >= 15 is 0 Å². The number of fused-ring (bicyclic) bond motifs is 1. The van der Waals surface area contributed by atoms with Crippen LogP contribution in [-0.4, -0.2) is 26.4 Å². The number of halogens is 1. The molecule has 0 unspecified atom stereocenters. The maximum absolute atomic E-state index is 12.8. The average Bonchev–Trinajstić information content (AvgIpc) is 2.53. The number of carbonyl (C=O) groups is 1. The SMILES string of the molecule is O=C(O)CSc1nc2cc(Cl)ccc2c(=O)n1-c1ccccc1. The minimum Gasteiger partial charge on any atom is -0.481 e. The van der Waals surface area contributed by atoms with Gasteiger partial charge in [0.25, 0.3) is 5.56 Å². The van der Waals surface area contributed by atoms with E-state index in [0.717, 1.165) is 11.8 Å². The lowest BCUT2D eigenvalue weighted by atomic mass is 10.2. The fourth-order valence-corrected chi connectivity index (χ4v) is 3.07. The van der Waals surface area contributed by atoms with E-state index in [1.807, 2.05) is 6.07 Å². The van der Waals surface area contributed by atoms with Gasteiger partial charge in [-0.3, -0.25) is 14.2 Å². The molecule has 0 amide bonds. The zero-order valence-electron chi connectivity index (χ0n) is 11.8. The molecule has 0 saturated heterocycles. The predicted octanol–water partition coefficient (Wildman–Crippen LogP) is 3.22. The number of rotatable bonds is 4. The Balaban J connectivity index is 2.28. The Labute approximate surface area is 140 Å². The van der Waals surface area contributed by atoms with Crippen LogP contribution in [0.25, 0.3) is 16.6 Å². The molecular formula is C16H11ClN2O3S. The molecule has 3 aromatic rings. The van der Waals surface area contributed by atoms with E-state index in [-0.39, 0.29) is 11.3 Å². The van der Waals surface area contributed by atoms with E-state index in [1.165, 1.54) is 4.57 Å². The fourth-order valence-electron chi connectivity index (χ4n) is 2.17. The van der Waals surface area contributed by atoms with Gasteiger partial charge < -0.3 is 5.11 Å². The summed E-state index contributed by atoms with van der Waals surface area (Å²) in [5.41, 5.74) is 0.822. The zero-order chi connectivity index (χ0) is 16.4. The Kier molecular flexibility index (Phi) is 4.36. The van der Waals surface area contributed by atoms with Crippen LogP contribution in [0, 0.1) is 0 Å². The van der Waals surface area contributed by atoms with Crippen molar-refractivity contribution in [2.75, 3.05) is 5.75 Å². The van der Waals surface area contributed by atoms with Crippen LogP contribution in [0.3, 0.4) is 0 Å². The highest BCUT2D eigenvalue weighted by Crippen LogP contribution is 2.22.